The minimum Gasteiger partial charge on any atom is -0.473 e. The standard InChI is InChI=1S/C19H29N3O3S.C2H2O4/c1-16(23)20-17-8-10-19(11-9-17)26(24,25)22-14-12-21(13-15-22)18-6-4-2-3-5-7-18;3-1(4)2(5)6/h8-11,18H,2-7,12-15H2,1H3,(H,20,23);(H,3,4)(H,5,6). The van der Waals surface area contributed by atoms with Gasteiger partial charge in [0.2, 0.25) is 15.9 Å². The summed E-state index contributed by atoms with van der Waals surface area (Å²) in [6, 6.07) is 7.03. The molecule has 2 fully saturated rings. The van der Waals surface area contributed by atoms with Crippen molar-refractivity contribution in [2.45, 2.75) is 56.4 Å². The van der Waals surface area contributed by atoms with Crippen LogP contribution in [0.15, 0.2) is 29.2 Å². The summed E-state index contributed by atoms with van der Waals surface area (Å²) in [5.41, 5.74) is 0.606. The Hall–Kier alpha value is -2.50. The first-order chi connectivity index (χ1) is 15.1. The van der Waals surface area contributed by atoms with Crippen LogP contribution in [0.2, 0.25) is 0 Å². The fraction of sp³-hybridized carbons (Fsp3) is 0.571. The van der Waals surface area contributed by atoms with Crippen LogP contribution >= 0.6 is 0 Å². The lowest BCUT2D eigenvalue weighted by Crippen LogP contribution is -2.51. The van der Waals surface area contributed by atoms with Crippen molar-refractivity contribution in [1.29, 1.82) is 0 Å². The maximum absolute atomic E-state index is 12.9. The molecule has 1 saturated heterocycles. The number of anilines is 1. The molecule has 1 aliphatic heterocycles. The number of nitrogens with zero attached hydrogens (tertiary/aromatic N) is 2. The van der Waals surface area contributed by atoms with E-state index < -0.39 is 22.0 Å². The number of carbonyl (C=O) groups is 3. The first kappa shape index (κ1) is 25.8. The van der Waals surface area contributed by atoms with Gasteiger partial charge in [-0.2, -0.15) is 4.31 Å². The highest BCUT2D eigenvalue weighted by atomic mass is 32.2. The van der Waals surface area contributed by atoms with Crippen LogP contribution in [-0.4, -0.2) is 77.9 Å². The van der Waals surface area contributed by atoms with Crippen LogP contribution in [0.5, 0.6) is 0 Å². The van der Waals surface area contributed by atoms with Gasteiger partial charge in [-0.25, -0.2) is 18.0 Å². The van der Waals surface area contributed by atoms with Crippen LogP contribution in [0.4, 0.5) is 5.69 Å². The summed E-state index contributed by atoms with van der Waals surface area (Å²) < 4.78 is 27.3. The van der Waals surface area contributed by atoms with Gasteiger partial charge in [0.15, 0.2) is 0 Å². The molecule has 32 heavy (non-hydrogen) atoms. The zero-order chi connectivity index (χ0) is 23.7. The van der Waals surface area contributed by atoms with Crippen molar-refractivity contribution in [1.82, 2.24) is 9.21 Å². The number of benzene rings is 1. The van der Waals surface area contributed by atoms with Gasteiger partial charge in [-0.05, 0) is 37.1 Å². The molecule has 1 aliphatic carbocycles. The molecule has 3 rings (SSSR count). The van der Waals surface area contributed by atoms with Gasteiger partial charge in [-0.3, -0.25) is 9.69 Å². The van der Waals surface area contributed by atoms with E-state index in [0.29, 0.717) is 24.8 Å². The van der Waals surface area contributed by atoms with Crippen molar-refractivity contribution in [3.8, 4) is 0 Å². The van der Waals surface area contributed by atoms with Gasteiger partial charge >= 0.3 is 11.9 Å². The zero-order valence-electron chi connectivity index (χ0n) is 18.2. The van der Waals surface area contributed by atoms with Crippen molar-refractivity contribution in [2.24, 2.45) is 0 Å². The third-order valence-electron chi connectivity index (χ3n) is 5.61. The minimum absolute atomic E-state index is 0.171. The molecule has 0 unspecified atom stereocenters. The predicted molar refractivity (Wildman–Crippen MR) is 118 cm³/mol. The van der Waals surface area contributed by atoms with E-state index in [1.807, 2.05) is 0 Å². The summed E-state index contributed by atoms with van der Waals surface area (Å²) in [5.74, 6) is -3.82. The van der Waals surface area contributed by atoms with Gasteiger partial charge in [-0.15, -0.1) is 0 Å². The summed E-state index contributed by atoms with van der Waals surface area (Å²) in [4.78, 5) is 32.1. The summed E-state index contributed by atoms with van der Waals surface area (Å²) in [5, 5.41) is 17.4. The molecule has 0 bridgehead atoms. The highest BCUT2D eigenvalue weighted by Gasteiger charge is 2.31. The minimum atomic E-state index is -3.47. The molecular formula is C21H31N3O7S. The fourth-order valence-corrected chi connectivity index (χ4v) is 5.42. The lowest BCUT2D eigenvalue weighted by molar-refractivity contribution is -0.159. The van der Waals surface area contributed by atoms with Crippen LogP contribution in [0, 0.1) is 0 Å². The van der Waals surface area contributed by atoms with E-state index in [0.717, 1.165) is 13.1 Å². The van der Waals surface area contributed by atoms with E-state index in [9.17, 15) is 13.2 Å². The molecule has 0 spiro atoms. The van der Waals surface area contributed by atoms with Crippen LogP contribution in [0.3, 0.4) is 0 Å². The van der Waals surface area contributed by atoms with Crippen LogP contribution in [0.25, 0.3) is 0 Å². The van der Waals surface area contributed by atoms with Gasteiger partial charge in [0.25, 0.3) is 0 Å². The topological polar surface area (TPSA) is 144 Å². The normalized spacial score (nSPS) is 18.7. The molecule has 0 radical (unpaired) electrons. The Morgan fingerprint density at radius 1 is 0.875 bits per heavy atom. The summed E-state index contributed by atoms with van der Waals surface area (Å²) in [6.07, 6.45) is 7.75. The second-order valence-corrected chi connectivity index (χ2v) is 9.84. The van der Waals surface area contributed by atoms with Crippen LogP contribution < -0.4 is 5.32 Å². The molecule has 1 saturated carbocycles. The third-order valence-corrected chi connectivity index (χ3v) is 7.52. The molecule has 1 aromatic carbocycles. The van der Waals surface area contributed by atoms with Crippen molar-refractivity contribution < 1.29 is 33.0 Å². The number of carboxylic acids is 2. The second-order valence-electron chi connectivity index (χ2n) is 7.90. The number of aliphatic carboxylic acids is 2. The van der Waals surface area contributed by atoms with E-state index in [1.165, 1.54) is 45.4 Å². The largest absolute Gasteiger partial charge is 0.473 e. The fourth-order valence-electron chi connectivity index (χ4n) is 3.99. The molecule has 2 aliphatic rings. The number of nitrogens with one attached hydrogen (secondary N) is 1. The first-order valence-electron chi connectivity index (χ1n) is 10.7. The van der Waals surface area contributed by atoms with Gasteiger partial charge < -0.3 is 15.5 Å². The molecule has 178 valence electrons. The summed E-state index contributed by atoms with van der Waals surface area (Å²) in [7, 11) is -3.47. The molecule has 1 aromatic rings. The second kappa shape index (κ2) is 11.9. The molecule has 3 N–H and O–H groups in total. The van der Waals surface area contributed by atoms with Gasteiger partial charge in [0, 0.05) is 44.8 Å². The molecule has 1 amide bonds. The van der Waals surface area contributed by atoms with E-state index in [4.69, 9.17) is 19.8 Å². The van der Waals surface area contributed by atoms with Crippen molar-refractivity contribution in [3.63, 3.8) is 0 Å². The van der Waals surface area contributed by atoms with Gasteiger partial charge in [0.1, 0.15) is 0 Å². The van der Waals surface area contributed by atoms with Crippen molar-refractivity contribution in [2.75, 3.05) is 31.5 Å². The Morgan fingerprint density at radius 3 is 1.81 bits per heavy atom. The summed E-state index contributed by atoms with van der Waals surface area (Å²) in [6.45, 7) is 4.15. The third kappa shape index (κ3) is 7.57. The Balaban J connectivity index is 0.000000534. The number of hydrogen-bond acceptors (Lipinski definition) is 6. The van der Waals surface area contributed by atoms with E-state index in [1.54, 1.807) is 28.6 Å². The number of rotatable bonds is 4. The predicted octanol–water partition coefficient (Wildman–Crippen LogP) is 1.83. The van der Waals surface area contributed by atoms with Crippen LogP contribution in [0.1, 0.15) is 45.4 Å². The quantitative estimate of drug-likeness (QED) is 0.447. The Bertz CT molecular complexity index is 874. The van der Waals surface area contributed by atoms with E-state index in [-0.39, 0.29) is 10.8 Å². The van der Waals surface area contributed by atoms with Gasteiger partial charge in [0.05, 0.1) is 4.90 Å². The molecular weight excluding hydrogens is 438 g/mol. The van der Waals surface area contributed by atoms with Gasteiger partial charge in [-0.1, -0.05) is 25.7 Å². The maximum Gasteiger partial charge on any atom is 0.414 e. The monoisotopic (exact) mass is 469 g/mol. The summed E-state index contributed by atoms with van der Waals surface area (Å²) >= 11 is 0. The first-order valence-corrected chi connectivity index (χ1v) is 12.1. The number of carboxylic acid groups (broad SMARTS) is 2. The number of piperazine rings is 1. The molecule has 0 aromatic heterocycles. The van der Waals surface area contributed by atoms with Crippen molar-refractivity contribution >= 4 is 33.6 Å². The van der Waals surface area contributed by atoms with E-state index >= 15 is 0 Å². The molecule has 1 heterocycles. The molecule has 0 atom stereocenters. The maximum atomic E-state index is 12.9. The lowest BCUT2D eigenvalue weighted by atomic mass is 10.1. The zero-order valence-corrected chi connectivity index (χ0v) is 19.0. The Labute approximate surface area is 188 Å². The highest BCUT2D eigenvalue weighted by molar-refractivity contribution is 7.89. The average molecular weight is 470 g/mol. The van der Waals surface area contributed by atoms with E-state index in [2.05, 4.69) is 10.2 Å². The van der Waals surface area contributed by atoms with Crippen molar-refractivity contribution in [3.05, 3.63) is 24.3 Å². The highest BCUT2D eigenvalue weighted by Crippen LogP contribution is 2.25. The molecule has 11 heteroatoms. The SMILES string of the molecule is CC(=O)Nc1ccc(S(=O)(=O)N2CCN(C3CCCCCC3)CC2)cc1.O=C(O)C(=O)O. The lowest BCUT2D eigenvalue weighted by Gasteiger charge is -2.38. The smallest absolute Gasteiger partial charge is 0.414 e. The van der Waals surface area contributed by atoms with Crippen LogP contribution in [-0.2, 0) is 24.4 Å². The number of hydrogen-bond donors (Lipinski definition) is 3. The number of sulfonamides is 1. The average Bonchev–Trinajstić information content (AvgIpc) is 3.04. The number of carbonyl (C=O) groups excluding carboxylic acids is 1. The molecule has 10 nitrogen and oxygen atoms in total. The number of amides is 1. The Morgan fingerprint density at radius 2 is 1.38 bits per heavy atom. The Kier molecular flexibility index (Phi) is 9.60.